The lowest BCUT2D eigenvalue weighted by atomic mass is 9.71. The smallest absolute Gasteiger partial charge is 0.336 e. The molecule has 2 atom stereocenters. The van der Waals surface area contributed by atoms with Crippen molar-refractivity contribution in [3.05, 3.63) is 118 Å². The highest BCUT2D eigenvalue weighted by Gasteiger charge is 2.42. The van der Waals surface area contributed by atoms with E-state index < -0.39 is 17.7 Å². The second kappa shape index (κ2) is 11.6. The lowest BCUT2D eigenvalue weighted by Gasteiger charge is -2.36. The summed E-state index contributed by atoms with van der Waals surface area (Å²) in [6.07, 6.45) is 0.813. The number of hydrogen-bond donors (Lipinski definition) is 1. The standard InChI is InChI=1S/C32H30FNO5/c1-20-29(32(36)39-17-16-38-24-8-4-3-5-9-24)30(25-10-6-7-11-26(25)33)31-27(34-20)18-22(19-28(31)35)21-12-14-23(37-2)15-13-21/h3-15,22,30,34H,16-19H2,1-2H3/t22-,30+/m1/s1. The molecule has 7 heteroatoms. The van der Waals surface area contributed by atoms with E-state index >= 15 is 4.39 Å². The summed E-state index contributed by atoms with van der Waals surface area (Å²) in [5, 5.41) is 3.30. The van der Waals surface area contributed by atoms with E-state index in [9.17, 15) is 9.59 Å². The SMILES string of the molecule is COc1ccc([C@H]2CC(=O)C3=C(C2)NC(C)=C(C(=O)OCCOc2ccccc2)[C@@H]3c2ccccc2F)cc1. The summed E-state index contributed by atoms with van der Waals surface area (Å²) in [6.45, 7) is 1.93. The second-order valence-corrected chi connectivity index (χ2v) is 9.61. The van der Waals surface area contributed by atoms with Crippen molar-refractivity contribution in [2.75, 3.05) is 20.3 Å². The molecule has 0 unspecified atom stereocenters. The maximum absolute atomic E-state index is 15.2. The predicted molar refractivity (Wildman–Crippen MR) is 145 cm³/mol. The average Bonchev–Trinajstić information content (AvgIpc) is 2.95. The first-order valence-corrected chi connectivity index (χ1v) is 12.9. The van der Waals surface area contributed by atoms with E-state index in [1.807, 2.05) is 54.6 Å². The van der Waals surface area contributed by atoms with Crippen LogP contribution < -0.4 is 14.8 Å². The second-order valence-electron chi connectivity index (χ2n) is 9.61. The first kappa shape index (κ1) is 26.2. The van der Waals surface area contributed by atoms with Crippen LogP contribution in [0.15, 0.2) is 101 Å². The van der Waals surface area contributed by atoms with Gasteiger partial charge >= 0.3 is 5.97 Å². The van der Waals surface area contributed by atoms with Crippen molar-refractivity contribution < 1.29 is 28.2 Å². The molecule has 1 N–H and O–H groups in total. The minimum atomic E-state index is -0.866. The van der Waals surface area contributed by atoms with Gasteiger partial charge in [0.15, 0.2) is 5.78 Å². The predicted octanol–water partition coefficient (Wildman–Crippen LogP) is 5.82. The van der Waals surface area contributed by atoms with Gasteiger partial charge in [0.05, 0.1) is 18.6 Å². The van der Waals surface area contributed by atoms with Crippen molar-refractivity contribution in [3.8, 4) is 11.5 Å². The summed E-state index contributed by atoms with van der Waals surface area (Å²) in [6, 6.07) is 23.2. The van der Waals surface area contributed by atoms with Crippen LogP contribution in [0, 0.1) is 5.82 Å². The van der Waals surface area contributed by atoms with Crippen molar-refractivity contribution in [2.45, 2.75) is 31.6 Å². The Morgan fingerprint density at radius 1 is 0.923 bits per heavy atom. The fraction of sp³-hybridized carbons (Fsp3) is 0.250. The highest BCUT2D eigenvalue weighted by molar-refractivity contribution is 6.04. The van der Waals surface area contributed by atoms with Gasteiger partial charge in [-0.25, -0.2) is 9.18 Å². The Morgan fingerprint density at radius 3 is 2.36 bits per heavy atom. The van der Waals surface area contributed by atoms with Gasteiger partial charge in [0.1, 0.15) is 30.5 Å². The van der Waals surface area contributed by atoms with Crippen molar-refractivity contribution in [1.29, 1.82) is 0 Å². The maximum atomic E-state index is 15.2. The fourth-order valence-electron chi connectivity index (χ4n) is 5.33. The summed E-state index contributed by atoms with van der Waals surface area (Å²) < 4.78 is 31.6. The quantitative estimate of drug-likeness (QED) is 0.294. The van der Waals surface area contributed by atoms with Crippen molar-refractivity contribution >= 4 is 11.8 Å². The highest BCUT2D eigenvalue weighted by atomic mass is 19.1. The molecule has 0 saturated carbocycles. The molecule has 0 saturated heterocycles. The van der Waals surface area contributed by atoms with Crippen LogP contribution in [0.4, 0.5) is 4.39 Å². The Bertz CT molecular complexity index is 1430. The first-order valence-electron chi connectivity index (χ1n) is 12.9. The zero-order chi connectivity index (χ0) is 27.4. The van der Waals surface area contributed by atoms with Crippen LogP contribution in [0.25, 0.3) is 0 Å². The number of ether oxygens (including phenoxy) is 3. The number of rotatable bonds is 8. The van der Waals surface area contributed by atoms with Crippen LogP contribution in [0.3, 0.4) is 0 Å². The minimum absolute atomic E-state index is 0.00783. The molecule has 200 valence electrons. The Hall–Kier alpha value is -4.39. The molecule has 6 nitrogen and oxygen atoms in total. The molecule has 2 aliphatic rings. The van der Waals surface area contributed by atoms with E-state index in [1.54, 1.807) is 32.2 Å². The third kappa shape index (κ3) is 5.58. The largest absolute Gasteiger partial charge is 0.497 e. The zero-order valence-electron chi connectivity index (χ0n) is 21.9. The Balaban J connectivity index is 1.41. The van der Waals surface area contributed by atoms with Gasteiger partial charge in [0.25, 0.3) is 0 Å². The number of Topliss-reactive ketones (excluding diaryl/α,β-unsaturated/α-hetero) is 1. The molecule has 0 amide bonds. The normalized spacial score (nSPS) is 18.8. The minimum Gasteiger partial charge on any atom is -0.497 e. The van der Waals surface area contributed by atoms with Crippen molar-refractivity contribution in [1.82, 2.24) is 5.32 Å². The summed E-state index contributed by atoms with van der Waals surface area (Å²) in [5.74, 6) is -0.716. The number of carbonyl (C=O) groups excluding carboxylic acids is 2. The van der Waals surface area contributed by atoms with E-state index in [4.69, 9.17) is 14.2 Å². The Kier molecular flexibility index (Phi) is 7.77. The molecule has 0 bridgehead atoms. The van der Waals surface area contributed by atoms with E-state index in [2.05, 4.69) is 5.32 Å². The number of carbonyl (C=O) groups is 2. The third-order valence-corrected chi connectivity index (χ3v) is 7.18. The third-order valence-electron chi connectivity index (χ3n) is 7.18. The molecule has 1 aliphatic heterocycles. The molecule has 39 heavy (non-hydrogen) atoms. The number of ketones is 1. The van der Waals surface area contributed by atoms with Gasteiger partial charge in [-0.1, -0.05) is 48.5 Å². The Labute approximate surface area is 227 Å². The molecule has 3 aromatic carbocycles. The van der Waals surface area contributed by atoms with E-state index in [0.717, 1.165) is 11.3 Å². The summed E-state index contributed by atoms with van der Waals surface area (Å²) >= 11 is 0. The number of dihydropyridines is 1. The average molecular weight is 528 g/mol. The number of benzene rings is 3. The van der Waals surface area contributed by atoms with Gasteiger partial charge < -0.3 is 19.5 Å². The maximum Gasteiger partial charge on any atom is 0.336 e. The molecule has 3 aromatic rings. The van der Waals surface area contributed by atoms with Gasteiger partial charge in [-0.15, -0.1) is 0 Å². The first-order chi connectivity index (χ1) is 19.0. The van der Waals surface area contributed by atoms with Gasteiger partial charge in [-0.05, 0) is 55.2 Å². The van der Waals surface area contributed by atoms with Crippen LogP contribution in [0.1, 0.15) is 42.7 Å². The van der Waals surface area contributed by atoms with E-state index in [1.165, 1.54) is 6.07 Å². The van der Waals surface area contributed by atoms with Gasteiger partial charge in [-0.3, -0.25) is 4.79 Å². The van der Waals surface area contributed by atoms with Crippen LogP contribution in [-0.2, 0) is 14.3 Å². The number of methoxy groups -OCH3 is 1. The molecule has 0 fully saturated rings. The van der Waals surface area contributed by atoms with Crippen LogP contribution in [0.5, 0.6) is 11.5 Å². The number of esters is 1. The molecular weight excluding hydrogens is 497 g/mol. The van der Waals surface area contributed by atoms with Crippen molar-refractivity contribution in [3.63, 3.8) is 0 Å². The summed E-state index contributed by atoms with van der Waals surface area (Å²) in [5.41, 5.74) is 3.19. The monoisotopic (exact) mass is 527 g/mol. The number of allylic oxidation sites excluding steroid dienone is 3. The summed E-state index contributed by atoms with van der Waals surface area (Å²) in [4.78, 5) is 27.1. The Morgan fingerprint density at radius 2 is 1.64 bits per heavy atom. The van der Waals surface area contributed by atoms with Gasteiger partial charge in [-0.2, -0.15) is 0 Å². The lowest BCUT2D eigenvalue weighted by Crippen LogP contribution is -2.36. The molecule has 1 aliphatic carbocycles. The van der Waals surface area contributed by atoms with E-state index in [0.29, 0.717) is 29.1 Å². The molecule has 5 rings (SSSR count). The molecule has 0 aromatic heterocycles. The molecule has 0 radical (unpaired) electrons. The zero-order valence-corrected chi connectivity index (χ0v) is 21.9. The van der Waals surface area contributed by atoms with E-state index in [-0.39, 0.29) is 42.5 Å². The highest BCUT2D eigenvalue weighted by Crippen LogP contribution is 2.46. The van der Waals surface area contributed by atoms with Crippen LogP contribution in [0.2, 0.25) is 0 Å². The number of hydrogen-bond acceptors (Lipinski definition) is 6. The van der Waals surface area contributed by atoms with Crippen molar-refractivity contribution in [2.24, 2.45) is 0 Å². The number of para-hydroxylation sites is 1. The molecular formula is C32H30FNO5. The molecule has 1 heterocycles. The number of nitrogens with one attached hydrogen (secondary N) is 1. The van der Waals surface area contributed by atoms with Crippen LogP contribution in [-0.4, -0.2) is 32.1 Å². The van der Waals surface area contributed by atoms with Crippen LogP contribution >= 0.6 is 0 Å². The van der Waals surface area contributed by atoms with Gasteiger partial charge in [0, 0.05) is 29.0 Å². The van der Waals surface area contributed by atoms with Gasteiger partial charge in [0.2, 0.25) is 0 Å². The molecule has 0 spiro atoms. The fourth-order valence-corrected chi connectivity index (χ4v) is 5.33. The lowest BCUT2D eigenvalue weighted by molar-refractivity contribution is -0.140. The summed E-state index contributed by atoms with van der Waals surface area (Å²) in [7, 11) is 1.61. The number of halogens is 1. The topological polar surface area (TPSA) is 73.9 Å².